The molecule has 0 aromatic rings. The standard InChI is InChI=1S/C8H17NO/c1-3-7(10)8(5-9)4-6(8)2/h6-7,10H,3-5,9H2,1-2H3. The van der Waals surface area contributed by atoms with Crippen molar-refractivity contribution < 1.29 is 5.11 Å². The lowest BCUT2D eigenvalue weighted by atomic mass is 9.95. The predicted molar refractivity (Wildman–Crippen MR) is 41.6 cm³/mol. The lowest BCUT2D eigenvalue weighted by Crippen LogP contribution is -2.30. The molecule has 0 saturated heterocycles. The highest BCUT2D eigenvalue weighted by Gasteiger charge is 2.54. The second kappa shape index (κ2) is 2.51. The Morgan fingerprint density at radius 1 is 1.80 bits per heavy atom. The van der Waals surface area contributed by atoms with E-state index in [9.17, 15) is 5.11 Å². The molecule has 3 atom stereocenters. The van der Waals surface area contributed by atoms with Gasteiger partial charge in [-0.3, -0.25) is 0 Å². The highest BCUT2D eigenvalue weighted by atomic mass is 16.3. The number of rotatable bonds is 3. The first-order valence-corrected chi connectivity index (χ1v) is 4.05. The molecule has 1 rings (SSSR count). The van der Waals surface area contributed by atoms with Gasteiger partial charge in [0.15, 0.2) is 0 Å². The van der Waals surface area contributed by atoms with Gasteiger partial charge in [0.25, 0.3) is 0 Å². The van der Waals surface area contributed by atoms with Gasteiger partial charge >= 0.3 is 0 Å². The molecule has 3 N–H and O–H groups in total. The Balaban J connectivity index is 2.51. The van der Waals surface area contributed by atoms with E-state index in [1.165, 1.54) is 0 Å². The molecule has 2 nitrogen and oxygen atoms in total. The van der Waals surface area contributed by atoms with E-state index < -0.39 is 0 Å². The number of hydrogen-bond donors (Lipinski definition) is 2. The van der Waals surface area contributed by atoms with E-state index in [4.69, 9.17) is 5.73 Å². The van der Waals surface area contributed by atoms with Gasteiger partial charge in [0, 0.05) is 12.0 Å². The molecule has 0 bridgehead atoms. The lowest BCUT2D eigenvalue weighted by Gasteiger charge is -2.19. The SMILES string of the molecule is CCC(O)C1(CN)CC1C. The smallest absolute Gasteiger partial charge is 0.0608 e. The molecule has 0 radical (unpaired) electrons. The molecule has 1 aliphatic rings. The molecule has 0 aromatic carbocycles. The topological polar surface area (TPSA) is 46.2 Å². The Morgan fingerprint density at radius 2 is 2.30 bits per heavy atom. The maximum atomic E-state index is 9.54. The van der Waals surface area contributed by atoms with Gasteiger partial charge in [-0.15, -0.1) is 0 Å². The summed E-state index contributed by atoms with van der Waals surface area (Å²) in [6, 6.07) is 0. The summed E-state index contributed by atoms with van der Waals surface area (Å²) in [7, 11) is 0. The summed E-state index contributed by atoms with van der Waals surface area (Å²) in [6.45, 7) is 4.81. The molecular formula is C8H17NO. The fourth-order valence-electron chi connectivity index (χ4n) is 1.80. The monoisotopic (exact) mass is 143 g/mol. The van der Waals surface area contributed by atoms with Crippen LogP contribution in [0.15, 0.2) is 0 Å². The van der Waals surface area contributed by atoms with Gasteiger partial charge in [-0.2, -0.15) is 0 Å². The summed E-state index contributed by atoms with van der Waals surface area (Å²) in [5.74, 6) is 0.632. The van der Waals surface area contributed by atoms with Gasteiger partial charge in [0.1, 0.15) is 0 Å². The second-order valence-electron chi connectivity index (χ2n) is 3.47. The molecule has 0 aliphatic heterocycles. The molecule has 0 amide bonds. The van der Waals surface area contributed by atoms with Gasteiger partial charge in [0.2, 0.25) is 0 Å². The van der Waals surface area contributed by atoms with Gasteiger partial charge in [-0.1, -0.05) is 13.8 Å². The number of hydrogen-bond acceptors (Lipinski definition) is 2. The minimum atomic E-state index is -0.174. The van der Waals surface area contributed by atoms with Gasteiger partial charge in [-0.05, 0) is 18.8 Å². The minimum absolute atomic E-state index is 0.0920. The maximum Gasteiger partial charge on any atom is 0.0608 e. The molecule has 10 heavy (non-hydrogen) atoms. The average molecular weight is 143 g/mol. The normalized spacial score (nSPS) is 41.4. The van der Waals surface area contributed by atoms with Crippen molar-refractivity contribution >= 4 is 0 Å². The van der Waals surface area contributed by atoms with E-state index in [0.717, 1.165) is 12.8 Å². The van der Waals surface area contributed by atoms with Crippen LogP contribution in [0.5, 0.6) is 0 Å². The van der Waals surface area contributed by atoms with Gasteiger partial charge < -0.3 is 10.8 Å². The fourth-order valence-corrected chi connectivity index (χ4v) is 1.80. The van der Waals surface area contributed by atoms with Gasteiger partial charge in [-0.25, -0.2) is 0 Å². The third-order valence-corrected chi connectivity index (χ3v) is 2.94. The number of nitrogens with two attached hydrogens (primary N) is 1. The highest BCUT2D eigenvalue weighted by molar-refractivity contribution is 5.04. The quantitative estimate of drug-likeness (QED) is 0.612. The molecule has 0 heterocycles. The predicted octanol–water partition coefficient (Wildman–Crippen LogP) is 0.742. The molecular weight excluding hydrogens is 126 g/mol. The van der Waals surface area contributed by atoms with Crippen molar-refractivity contribution in [3.05, 3.63) is 0 Å². The summed E-state index contributed by atoms with van der Waals surface area (Å²) >= 11 is 0. The summed E-state index contributed by atoms with van der Waals surface area (Å²) in [5, 5.41) is 9.54. The summed E-state index contributed by atoms with van der Waals surface area (Å²) in [6.07, 6.45) is 1.77. The van der Waals surface area contributed by atoms with E-state index in [2.05, 4.69) is 6.92 Å². The maximum absolute atomic E-state index is 9.54. The van der Waals surface area contributed by atoms with E-state index in [1.807, 2.05) is 6.92 Å². The van der Waals surface area contributed by atoms with Crippen molar-refractivity contribution in [1.82, 2.24) is 0 Å². The molecule has 1 fully saturated rings. The zero-order valence-electron chi connectivity index (χ0n) is 6.80. The Morgan fingerprint density at radius 3 is 2.40 bits per heavy atom. The van der Waals surface area contributed by atoms with Crippen LogP contribution in [-0.2, 0) is 0 Å². The lowest BCUT2D eigenvalue weighted by molar-refractivity contribution is 0.0852. The first-order chi connectivity index (χ1) is 4.67. The van der Waals surface area contributed by atoms with Crippen LogP contribution in [0.3, 0.4) is 0 Å². The molecule has 0 spiro atoms. The van der Waals surface area contributed by atoms with E-state index in [1.54, 1.807) is 0 Å². The third-order valence-electron chi connectivity index (χ3n) is 2.94. The number of aliphatic hydroxyl groups is 1. The van der Waals surface area contributed by atoms with Crippen LogP contribution in [0.4, 0.5) is 0 Å². The van der Waals surface area contributed by atoms with Crippen LogP contribution >= 0.6 is 0 Å². The largest absolute Gasteiger partial charge is 0.393 e. The van der Waals surface area contributed by atoms with Crippen LogP contribution < -0.4 is 5.73 Å². The fraction of sp³-hybridized carbons (Fsp3) is 1.00. The molecule has 2 heteroatoms. The van der Waals surface area contributed by atoms with Crippen LogP contribution in [0.1, 0.15) is 26.7 Å². The first kappa shape index (κ1) is 8.02. The van der Waals surface area contributed by atoms with Crippen molar-refractivity contribution in [2.24, 2.45) is 17.1 Å². The Labute approximate surface area is 62.4 Å². The van der Waals surface area contributed by atoms with Crippen LogP contribution in [0.2, 0.25) is 0 Å². The molecule has 60 valence electrons. The van der Waals surface area contributed by atoms with Crippen molar-refractivity contribution in [2.45, 2.75) is 32.8 Å². The van der Waals surface area contributed by atoms with Crippen molar-refractivity contribution in [1.29, 1.82) is 0 Å². The first-order valence-electron chi connectivity index (χ1n) is 4.05. The van der Waals surface area contributed by atoms with Crippen LogP contribution in [0, 0.1) is 11.3 Å². The second-order valence-corrected chi connectivity index (χ2v) is 3.47. The Bertz CT molecular complexity index is 122. The zero-order chi connectivity index (χ0) is 7.78. The van der Waals surface area contributed by atoms with E-state index in [0.29, 0.717) is 12.5 Å². The summed E-state index contributed by atoms with van der Waals surface area (Å²) < 4.78 is 0. The van der Waals surface area contributed by atoms with Crippen molar-refractivity contribution in [2.75, 3.05) is 6.54 Å². The molecule has 1 saturated carbocycles. The van der Waals surface area contributed by atoms with Crippen LogP contribution in [-0.4, -0.2) is 17.8 Å². The minimum Gasteiger partial charge on any atom is -0.393 e. The van der Waals surface area contributed by atoms with Crippen molar-refractivity contribution in [3.63, 3.8) is 0 Å². The third kappa shape index (κ3) is 0.956. The highest BCUT2D eigenvalue weighted by Crippen LogP contribution is 2.54. The zero-order valence-corrected chi connectivity index (χ0v) is 6.80. The number of aliphatic hydroxyl groups excluding tert-OH is 1. The Kier molecular flexibility index (Phi) is 2.02. The summed E-state index contributed by atoms with van der Waals surface area (Å²) in [5.41, 5.74) is 5.67. The van der Waals surface area contributed by atoms with Gasteiger partial charge in [0.05, 0.1) is 6.10 Å². The molecule has 1 aliphatic carbocycles. The van der Waals surface area contributed by atoms with Crippen LogP contribution in [0.25, 0.3) is 0 Å². The van der Waals surface area contributed by atoms with E-state index >= 15 is 0 Å². The molecule has 3 unspecified atom stereocenters. The average Bonchev–Trinajstić information content (AvgIpc) is 2.61. The van der Waals surface area contributed by atoms with Crippen molar-refractivity contribution in [3.8, 4) is 0 Å². The summed E-state index contributed by atoms with van der Waals surface area (Å²) in [4.78, 5) is 0. The molecule has 0 aromatic heterocycles. The Hall–Kier alpha value is -0.0800. The van der Waals surface area contributed by atoms with E-state index in [-0.39, 0.29) is 11.5 Å².